The Balaban J connectivity index is 0.861. The Morgan fingerprint density at radius 3 is 2.41 bits per heavy atom. The lowest BCUT2D eigenvalue weighted by molar-refractivity contribution is -0.238. The topological polar surface area (TPSA) is 353 Å². The van der Waals surface area contributed by atoms with Gasteiger partial charge in [-0.15, -0.1) is 0 Å². The molecule has 2 fully saturated rings. The normalized spacial score (nSPS) is 20.0. The van der Waals surface area contributed by atoms with Gasteiger partial charge in [0.15, 0.2) is 6.29 Å². The van der Waals surface area contributed by atoms with Crippen LogP contribution in [0.15, 0.2) is 79.4 Å². The Hall–Kier alpha value is -7.81. The molecule has 0 bridgehead atoms. The van der Waals surface area contributed by atoms with Crippen molar-refractivity contribution in [2.24, 2.45) is 5.92 Å². The summed E-state index contributed by atoms with van der Waals surface area (Å²) in [6, 6.07) is 12.4. The molecule has 1 aromatic carbocycles. The molecule has 9 N–H and O–H groups in total. The Kier molecular flexibility index (Phi) is 21.1. The van der Waals surface area contributed by atoms with Crippen LogP contribution >= 0.6 is 21.6 Å². The number of likely N-dealkylation sites (tertiary alicyclic amines) is 1. The number of fused-ring (bicyclic) bond motifs is 1. The van der Waals surface area contributed by atoms with Crippen molar-refractivity contribution in [2.75, 3.05) is 44.1 Å². The summed E-state index contributed by atoms with van der Waals surface area (Å²) in [5, 5.41) is 51.3. The van der Waals surface area contributed by atoms with E-state index in [0.29, 0.717) is 17.3 Å². The first-order valence-corrected chi connectivity index (χ1v) is 27.8. The van der Waals surface area contributed by atoms with Crippen molar-refractivity contribution in [3.8, 4) is 34.2 Å². The quantitative estimate of drug-likeness (QED) is 0.0265. The van der Waals surface area contributed by atoms with Gasteiger partial charge in [0.1, 0.15) is 37.4 Å². The summed E-state index contributed by atoms with van der Waals surface area (Å²) in [6.45, 7) is 0.716. The lowest BCUT2D eigenvalue weighted by Gasteiger charge is -2.41. The molecular formula is C53H59F2N11O13S2. The molecule has 8 atom stereocenters. The summed E-state index contributed by atoms with van der Waals surface area (Å²) >= 11 is 0. The fourth-order valence-corrected chi connectivity index (χ4v) is 10.7. The monoisotopic (exact) mass is 1160 g/mol. The first-order chi connectivity index (χ1) is 38.8. The summed E-state index contributed by atoms with van der Waals surface area (Å²) in [5.41, 5.74) is 11.3. The number of amides is 5. The predicted molar refractivity (Wildman–Crippen MR) is 290 cm³/mol. The zero-order valence-corrected chi connectivity index (χ0v) is 45.6. The van der Waals surface area contributed by atoms with Gasteiger partial charge in [-0.1, -0.05) is 40.6 Å². The fourth-order valence-electron chi connectivity index (χ4n) is 8.68. The Labute approximate surface area is 470 Å². The standard InChI is InChI=1S/C53H59F2N11O13S2/c1-28-46(70)45(42(24-67)79-51(28)74)65-48(72)41(64-44(69)9-8-43(68)61-23-35-16-31(10-12-58-35)47(71)63-29(2)50(73)66-27-53(54,55)19-36(66)20-56)26-81-80-15-14-77-52(75)78-25-34-6-4-32(21-60-34)37-11-13-59-40-7-5-30(17-38(37)40)33-18-39(57)49(76-3)62-22-33/h4-7,10-13,16-18,21-22,28-29,36,41-42,45-46,51,67,70,74H,8-9,14-15,19,23-27,57H2,1-3H3,(H,61,68)(H,63,71)(H,64,69)(H,65,72)/t28-,29?,36-,41?,42-,45-,46-,51?/m0/s1. The van der Waals surface area contributed by atoms with Gasteiger partial charge in [0.25, 0.3) is 11.8 Å². The second-order valence-electron chi connectivity index (χ2n) is 18.9. The average Bonchev–Trinajstić information content (AvgIpc) is 3.90. The van der Waals surface area contributed by atoms with Crippen LogP contribution in [0.5, 0.6) is 5.88 Å². The van der Waals surface area contributed by atoms with Crippen LogP contribution in [0.1, 0.15) is 54.9 Å². The van der Waals surface area contributed by atoms with E-state index >= 15 is 0 Å². The van der Waals surface area contributed by atoms with Crippen LogP contribution in [-0.2, 0) is 46.5 Å². The van der Waals surface area contributed by atoms with E-state index in [1.807, 2.05) is 30.3 Å². The van der Waals surface area contributed by atoms with Gasteiger partial charge in [0.05, 0.1) is 67.6 Å². The highest BCUT2D eigenvalue weighted by Gasteiger charge is 2.48. The van der Waals surface area contributed by atoms with Gasteiger partial charge >= 0.3 is 6.16 Å². The minimum atomic E-state index is -3.24. The van der Waals surface area contributed by atoms with E-state index in [-0.39, 0.29) is 55.4 Å². The molecule has 6 heterocycles. The summed E-state index contributed by atoms with van der Waals surface area (Å²) in [6.07, 6.45) is -0.133. The van der Waals surface area contributed by atoms with Crippen LogP contribution in [0.2, 0.25) is 0 Å². The number of aromatic nitrogens is 4. The lowest BCUT2D eigenvalue weighted by Crippen LogP contribution is -2.64. The average molecular weight is 1160 g/mol. The number of hydrogen-bond acceptors (Lipinski definition) is 21. The van der Waals surface area contributed by atoms with Crippen molar-refractivity contribution >= 4 is 73.9 Å². The smallest absolute Gasteiger partial charge is 0.480 e. The third kappa shape index (κ3) is 16.2. The van der Waals surface area contributed by atoms with E-state index in [9.17, 15) is 58.1 Å². The molecule has 0 spiro atoms. The van der Waals surface area contributed by atoms with Crippen molar-refractivity contribution in [3.63, 3.8) is 0 Å². The number of benzene rings is 1. The van der Waals surface area contributed by atoms with Crippen molar-refractivity contribution in [1.29, 1.82) is 5.26 Å². The highest BCUT2D eigenvalue weighted by molar-refractivity contribution is 8.76. The van der Waals surface area contributed by atoms with Gasteiger partial charge < -0.3 is 66.2 Å². The van der Waals surface area contributed by atoms with Crippen LogP contribution in [0.3, 0.4) is 0 Å². The first-order valence-electron chi connectivity index (χ1n) is 25.3. The minimum absolute atomic E-state index is 0.0339. The Morgan fingerprint density at radius 1 is 0.926 bits per heavy atom. The number of anilines is 1. The largest absolute Gasteiger partial charge is 0.508 e. The van der Waals surface area contributed by atoms with Gasteiger partial charge in [-0.25, -0.2) is 18.6 Å². The lowest BCUT2D eigenvalue weighted by atomic mass is 9.90. The Morgan fingerprint density at radius 2 is 1.68 bits per heavy atom. The molecule has 5 aromatic rings. The van der Waals surface area contributed by atoms with Crippen LogP contribution < -0.4 is 31.7 Å². The second kappa shape index (κ2) is 28.1. The minimum Gasteiger partial charge on any atom is -0.480 e. The number of pyridine rings is 4. The van der Waals surface area contributed by atoms with Crippen LogP contribution in [-0.4, -0.2) is 163 Å². The number of rotatable bonds is 23. The zero-order valence-electron chi connectivity index (χ0n) is 44.0. The molecule has 7 rings (SSSR count). The second-order valence-corrected chi connectivity index (χ2v) is 21.5. The van der Waals surface area contributed by atoms with Crippen LogP contribution in [0, 0.1) is 17.2 Å². The summed E-state index contributed by atoms with van der Waals surface area (Å²) in [5.74, 6) is -7.27. The number of nitrogen functional groups attached to an aromatic ring is 1. The van der Waals surface area contributed by atoms with Gasteiger partial charge in [-0.2, -0.15) is 5.26 Å². The number of aliphatic hydroxyl groups is 3. The molecule has 0 aliphatic carbocycles. The molecular weight excluding hydrogens is 1100 g/mol. The summed E-state index contributed by atoms with van der Waals surface area (Å²) < 4.78 is 48.9. The predicted octanol–water partition coefficient (Wildman–Crippen LogP) is 3.03. The third-order valence-electron chi connectivity index (χ3n) is 13.1. The highest BCUT2D eigenvalue weighted by atomic mass is 33.1. The number of hydrogen-bond donors (Lipinski definition) is 8. The van der Waals surface area contributed by atoms with Crippen molar-refractivity contribution < 1.29 is 71.8 Å². The molecule has 2 saturated heterocycles. The van der Waals surface area contributed by atoms with Gasteiger partial charge in [0.2, 0.25) is 29.5 Å². The van der Waals surface area contributed by atoms with E-state index in [1.165, 1.54) is 50.1 Å². The SMILES string of the molecule is COc1ncc(-c2ccc3nccc(-c4ccc(COC(=O)OCCSSCC(NC(=O)CCC(=O)NCc5cc(C(=O)NC(C)C(=O)N6CC(F)(F)C[C@H]6C#N)ccn5)C(=O)N[C@@H]5[C@@H](O)[C@H](C)C(O)O[C@H]5CO)nc4)c3c2)cc1N. The maximum Gasteiger partial charge on any atom is 0.508 e. The molecule has 2 aliphatic rings. The fraction of sp³-hybridized carbons (Fsp3) is 0.415. The van der Waals surface area contributed by atoms with Crippen molar-refractivity contribution in [1.82, 2.24) is 46.1 Å². The number of nitrogens with one attached hydrogen (secondary N) is 4. The molecule has 430 valence electrons. The van der Waals surface area contributed by atoms with E-state index in [1.54, 1.807) is 36.8 Å². The number of aliphatic hydroxyl groups excluding tert-OH is 3. The van der Waals surface area contributed by atoms with Gasteiger partial charge in [0, 0.05) is 83.6 Å². The highest BCUT2D eigenvalue weighted by Crippen LogP contribution is 2.34. The summed E-state index contributed by atoms with van der Waals surface area (Å²) in [4.78, 5) is 96.3. The molecule has 2 aliphatic heterocycles. The number of carbonyl (C=O) groups is 6. The first kappa shape index (κ1) is 60.8. The third-order valence-corrected chi connectivity index (χ3v) is 15.5. The number of halogens is 2. The zero-order chi connectivity index (χ0) is 58.4. The molecule has 28 heteroatoms. The number of methoxy groups -OCH3 is 1. The number of ether oxygens (including phenoxy) is 4. The maximum atomic E-state index is 13.9. The summed E-state index contributed by atoms with van der Waals surface area (Å²) in [7, 11) is 3.83. The number of carbonyl (C=O) groups excluding carboxylic acids is 6. The van der Waals surface area contributed by atoms with E-state index in [0.717, 1.165) is 48.9 Å². The molecule has 5 amide bonds. The Bertz CT molecular complexity index is 3120. The van der Waals surface area contributed by atoms with Crippen LogP contribution in [0.25, 0.3) is 33.2 Å². The molecule has 0 radical (unpaired) electrons. The van der Waals surface area contributed by atoms with Gasteiger partial charge in [-0.05, 0) is 60.5 Å². The van der Waals surface area contributed by atoms with Gasteiger partial charge in [-0.3, -0.25) is 38.9 Å². The molecule has 81 heavy (non-hydrogen) atoms. The number of nitrogens with zero attached hydrogens (tertiary/aromatic N) is 6. The molecule has 0 saturated carbocycles. The van der Waals surface area contributed by atoms with E-state index in [2.05, 4.69) is 41.2 Å². The maximum absolute atomic E-state index is 13.9. The number of nitriles is 1. The molecule has 3 unspecified atom stereocenters. The van der Waals surface area contributed by atoms with Crippen molar-refractivity contribution in [2.45, 2.75) is 94.8 Å². The van der Waals surface area contributed by atoms with Crippen molar-refractivity contribution in [3.05, 3.63) is 96.3 Å². The molecule has 24 nitrogen and oxygen atoms in total. The number of nitrogens with two attached hydrogens (primary N) is 1. The van der Waals surface area contributed by atoms with E-state index < -0.39 is 110 Å². The van der Waals surface area contributed by atoms with Crippen LogP contribution in [0.4, 0.5) is 19.3 Å². The number of alkyl halides is 2. The van der Waals surface area contributed by atoms with E-state index in [4.69, 9.17) is 24.7 Å². The molecule has 4 aromatic heterocycles.